The summed E-state index contributed by atoms with van der Waals surface area (Å²) in [6, 6.07) is 0. The second kappa shape index (κ2) is 6.17. The molecule has 0 bridgehead atoms. The molecule has 1 saturated heterocycles. The Hall–Kier alpha value is -0.380. The van der Waals surface area contributed by atoms with Gasteiger partial charge in [0, 0.05) is 6.61 Å². The van der Waals surface area contributed by atoms with Crippen LogP contribution in [0.3, 0.4) is 0 Å². The fourth-order valence-corrected chi connectivity index (χ4v) is 1.07. The van der Waals surface area contributed by atoms with E-state index in [9.17, 15) is 0 Å². The third-order valence-corrected chi connectivity index (χ3v) is 1.72. The second-order valence-electron chi connectivity index (χ2n) is 2.76. The Balaban J connectivity index is 1.97. The molecule has 1 aliphatic rings. The van der Waals surface area contributed by atoms with Crippen LogP contribution in [0.25, 0.3) is 0 Å². The van der Waals surface area contributed by atoms with Gasteiger partial charge in [0.25, 0.3) is 0 Å². The zero-order valence-electron chi connectivity index (χ0n) is 7.24. The van der Waals surface area contributed by atoms with Crippen molar-refractivity contribution in [1.82, 2.24) is 0 Å². The van der Waals surface area contributed by atoms with Crippen molar-refractivity contribution in [3.63, 3.8) is 0 Å². The highest BCUT2D eigenvalue weighted by atomic mass is 16.7. The first kappa shape index (κ1) is 9.71. The molecule has 0 saturated carbocycles. The summed E-state index contributed by atoms with van der Waals surface area (Å²) >= 11 is 0. The molecule has 12 heavy (non-hydrogen) atoms. The Labute approximate surface area is 73.0 Å². The molecule has 0 radical (unpaired) electrons. The van der Waals surface area contributed by atoms with Gasteiger partial charge in [0.15, 0.2) is 6.29 Å². The van der Waals surface area contributed by atoms with Crippen LogP contribution in [-0.4, -0.2) is 31.2 Å². The molecule has 0 spiro atoms. The number of hydrogen-bond acceptors (Lipinski definition) is 3. The molecule has 0 aliphatic carbocycles. The molecule has 3 heteroatoms. The fraction of sp³-hybridized carbons (Fsp3) is 0.778. The Morgan fingerprint density at radius 2 is 2.00 bits per heavy atom. The predicted molar refractivity (Wildman–Crippen MR) is 45.8 cm³/mol. The summed E-state index contributed by atoms with van der Waals surface area (Å²) in [5.74, 6) is 0. The molecule has 0 amide bonds. The molecule has 1 fully saturated rings. The van der Waals surface area contributed by atoms with E-state index < -0.39 is 0 Å². The van der Waals surface area contributed by atoms with E-state index in [-0.39, 0.29) is 12.9 Å². The normalized spacial score (nSPS) is 19.4. The van der Waals surface area contributed by atoms with Crippen LogP contribution in [0.2, 0.25) is 0 Å². The largest absolute Gasteiger partial charge is 0.396 e. The lowest BCUT2D eigenvalue weighted by Crippen LogP contribution is -2.01. The molecular formula is C9H16O3. The van der Waals surface area contributed by atoms with Crippen LogP contribution in [0.5, 0.6) is 0 Å². The number of aliphatic hydroxyl groups excluding tert-OH is 1. The molecule has 0 aromatic rings. The van der Waals surface area contributed by atoms with Gasteiger partial charge < -0.3 is 14.6 Å². The van der Waals surface area contributed by atoms with E-state index in [2.05, 4.69) is 0 Å². The van der Waals surface area contributed by atoms with Crippen LogP contribution < -0.4 is 0 Å². The Morgan fingerprint density at radius 3 is 2.67 bits per heavy atom. The quantitative estimate of drug-likeness (QED) is 0.498. The van der Waals surface area contributed by atoms with Crippen LogP contribution in [0.4, 0.5) is 0 Å². The van der Waals surface area contributed by atoms with Gasteiger partial charge in [0.1, 0.15) is 0 Å². The van der Waals surface area contributed by atoms with E-state index in [0.717, 1.165) is 19.3 Å². The molecule has 1 N–H and O–H groups in total. The van der Waals surface area contributed by atoms with Gasteiger partial charge in [0.2, 0.25) is 0 Å². The van der Waals surface area contributed by atoms with Crippen molar-refractivity contribution in [2.75, 3.05) is 19.8 Å². The first-order valence-corrected chi connectivity index (χ1v) is 4.44. The van der Waals surface area contributed by atoms with Crippen molar-refractivity contribution in [3.8, 4) is 0 Å². The lowest BCUT2D eigenvalue weighted by atomic mass is 10.2. The number of hydrogen-bond donors (Lipinski definition) is 1. The first-order valence-electron chi connectivity index (χ1n) is 4.44. The SMILES string of the molecule is OCCCCC=CC1OCCO1. The van der Waals surface area contributed by atoms with Crippen LogP contribution in [0.1, 0.15) is 19.3 Å². The Kier molecular flexibility index (Phi) is 4.99. The number of aliphatic hydroxyl groups is 1. The zero-order chi connectivity index (χ0) is 8.65. The maximum atomic E-state index is 8.50. The molecule has 70 valence electrons. The zero-order valence-corrected chi connectivity index (χ0v) is 7.24. The van der Waals surface area contributed by atoms with Gasteiger partial charge in [-0.3, -0.25) is 0 Å². The van der Waals surface area contributed by atoms with Crippen molar-refractivity contribution in [3.05, 3.63) is 12.2 Å². The number of unbranched alkanes of at least 4 members (excludes halogenated alkanes) is 2. The molecule has 1 heterocycles. The third kappa shape index (κ3) is 3.85. The van der Waals surface area contributed by atoms with Gasteiger partial charge >= 0.3 is 0 Å². The summed E-state index contributed by atoms with van der Waals surface area (Å²) in [5, 5.41) is 8.50. The van der Waals surface area contributed by atoms with E-state index in [0.29, 0.717) is 13.2 Å². The third-order valence-electron chi connectivity index (χ3n) is 1.72. The van der Waals surface area contributed by atoms with E-state index in [4.69, 9.17) is 14.6 Å². The minimum Gasteiger partial charge on any atom is -0.396 e. The topological polar surface area (TPSA) is 38.7 Å². The van der Waals surface area contributed by atoms with Gasteiger partial charge in [-0.2, -0.15) is 0 Å². The van der Waals surface area contributed by atoms with Gasteiger partial charge in [-0.05, 0) is 25.3 Å². The highest BCUT2D eigenvalue weighted by Crippen LogP contribution is 2.06. The molecule has 0 aromatic heterocycles. The first-order chi connectivity index (χ1) is 5.93. The summed E-state index contributed by atoms with van der Waals surface area (Å²) in [5.41, 5.74) is 0. The van der Waals surface area contributed by atoms with Crippen molar-refractivity contribution >= 4 is 0 Å². The highest BCUT2D eigenvalue weighted by Gasteiger charge is 2.10. The van der Waals surface area contributed by atoms with Gasteiger partial charge in [-0.25, -0.2) is 0 Å². The van der Waals surface area contributed by atoms with Crippen LogP contribution >= 0.6 is 0 Å². The maximum Gasteiger partial charge on any atom is 0.177 e. The maximum absolute atomic E-state index is 8.50. The smallest absolute Gasteiger partial charge is 0.177 e. The standard InChI is InChI=1S/C9H16O3/c10-6-4-2-1-3-5-9-11-7-8-12-9/h3,5,9-10H,1-2,4,6-8H2. The number of rotatable bonds is 5. The predicted octanol–water partition coefficient (Wildman–Crippen LogP) is 1.08. The van der Waals surface area contributed by atoms with Gasteiger partial charge in [-0.1, -0.05) is 6.08 Å². The summed E-state index contributed by atoms with van der Waals surface area (Å²) in [6.07, 6.45) is 6.75. The minimum atomic E-state index is -0.126. The number of ether oxygens (including phenoxy) is 2. The fourth-order valence-electron chi connectivity index (χ4n) is 1.07. The van der Waals surface area contributed by atoms with Crippen LogP contribution in [0.15, 0.2) is 12.2 Å². The van der Waals surface area contributed by atoms with E-state index in [1.165, 1.54) is 0 Å². The summed E-state index contributed by atoms with van der Waals surface area (Å²) in [7, 11) is 0. The Bertz CT molecular complexity index is 128. The molecule has 0 aromatic carbocycles. The monoisotopic (exact) mass is 172 g/mol. The van der Waals surface area contributed by atoms with Gasteiger partial charge in [-0.15, -0.1) is 0 Å². The lowest BCUT2D eigenvalue weighted by Gasteiger charge is -2.00. The molecular weight excluding hydrogens is 156 g/mol. The summed E-state index contributed by atoms with van der Waals surface area (Å²) in [4.78, 5) is 0. The molecule has 1 aliphatic heterocycles. The van der Waals surface area contributed by atoms with Crippen molar-refractivity contribution in [2.45, 2.75) is 25.6 Å². The van der Waals surface area contributed by atoms with E-state index in [1.54, 1.807) is 0 Å². The van der Waals surface area contributed by atoms with Crippen molar-refractivity contribution in [2.24, 2.45) is 0 Å². The second-order valence-corrected chi connectivity index (χ2v) is 2.76. The van der Waals surface area contributed by atoms with E-state index >= 15 is 0 Å². The highest BCUT2D eigenvalue weighted by molar-refractivity contribution is 4.86. The van der Waals surface area contributed by atoms with Crippen LogP contribution in [-0.2, 0) is 9.47 Å². The van der Waals surface area contributed by atoms with Crippen molar-refractivity contribution < 1.29 is 14.6 Å². The summed E-state index contributed by atoms with van der Waals surface area (Å²) in [6.45, 7) is 1.68. The molecule has 0 atom stereocenters. The molecule has 0 unspecified atom stereocenters. The Morgan fingerprint density at radius 1 is 1.25 bits per heavy atom. The molecule has 1 rings (SSSR count). The summed E-state index contributed by atoms with van der Waals surface area (Å²) < 4.78 is 10.4. The van der Waals surface area contributed by atoms with Crippen LogP contribution in [0, 0.1) is 0 Å². The average molecular weight is 172 g/mol. The van der Waals surface area contributed by atoms with E-state index in [1.807, 2.05) is 12.2 Å². The number of allylic oxidation sites excluding steroid dienone is 1. The van der Waals surface area contributed by atoms with Gasteiger partial charge in [0.05, 0.1) is 13.2 Å². The molecule has 3 nitrogen and oxygen atoms in total. The lowest BCUT2D eigenvalue weighted by molar-refractivity contribution is -0.00173. The van der Waals surface area contributed by atoms with Crippen molar-refractivity contribution in [1.29, 1.82) is 0 Å². The minimum absolute atomic E-state index is 0.126. The average Bonchev–Trinajstić information content (AvgIpc) is 2.57.